The molecular formula is C13H14BrNO. The molecule has 0 spiro atoms. The van der Waals surface area contributed by atoms with Crippen LogP contribution in [-0.4, -0.2) is 12.5 Å². The Balaban J connectivity index is 2.29. The van der Waals surface area contributed by atoms with E-state index >= 15 is 0 Å². The quantitative estimate of drug-likeness (QED) is 0.651. The van der Waals surface area contributed by atoms with Crippen molar-refractivity contribution in [3.8, 4) is 12.3 Å². The van der Waals surface area contributed by atoms with Crippen LogP contribution >= 0.6 is 15.9 Å². The Morgan fingerprint density at radius 1 is 1.38 bits per heavy atom. The number of nitrogens with one attached hydrogen (secondary N) is 1. The molecular weight excluding hydrogens is 266 g/mol. The first-order chi connectivity index (χ1) is 7.72. The van der Waals surface area contributed by atoms with Crippen molar-refractivity contribution < 1.29 is 4.79 Å². The lowest BCUT2D eigenvalue weighted by Crippen LogP contribution is -2.25. The minimum atomic E-state index is 0.0411. The van der Waals surface area contributed by atoms with E-state index < -0.39 is 0 Å². The summed E-state index contributed by atoms with van der Waals surface area (Å²) < 4.78 is 1.02. The maximum atomic E-state index is 11.5. The third kappa shape index (κ3) is 4.99. The third-order valence-corrected chi connectivity index (χ3v) is 2.63. The lowest BCUT2D eigenvalue weighted by atomic mass is 10.1. The number of halogens is 1. The normalized spacial score (nSPS) is 9.50. The Kier molecular flexibility index (Phi) is 5.66. The summed E-state index contributed by atoms with van der Waals surface area (Å²) >= 11 is 3.35. The van der Waals surface area contributed by atoms with E-state index in [1.165, 1.54) is 0 Å². The molecule has 3 heteroatoms. The zero-order valence-corrected chi connectivity index (χ0v) is 10.6. The van der Waals surface area contributed by atoms with Crippen LogP contribution in [0, 0.1) is 12.3 Å². The van der Waals surface area contributed by atoms with E-state index in [0.29, 0.717) is 19.4 Å². The summed E-state index contributed by atoms with van der Waals surface area (Å²) in [5, 5.41) is 2.83. The first-order valence-electron chi connectivity index (χ1n) is 5.17. The van der Waals surface area contributed by atoms with Crippen LogP contribution in [0.5, 0.6) is 0 Å². The van der Waals surface area contributed by atoms with Crippen LogP contribution in [-0.2, 0) is 11.2 Å². The van der Waals surface area contributed by atoms with Crippen LogP contribution in [0.4, 0.5) is 0 Å². The topological polar surface area (TPSA) is 29.1 Å². The van der Waals surface area contributed by atoms with E-state index in [2.05, 4.69) is 27.2 Å². The summed E-state index contributed by atoms with van der Waals surface area (Å²) in [7, 11) is 0. The van der Waals surface area contributed by atoms with Crippen molar-refractivity contribution in [2.45, 2.75) is 19.3 Å². The van der Waals surface area contributed by atoms with E-state index in [1.54, 1.807) is 0 Å². The zero-order valence-electron chi connectivity index (χ0n) is 9.00. The van der Waals surface area contributed by atoms with Gasteiger partial charge in [0.05, 0.1) is 6.42 Å². The highest BCUT2D eigenvalue weighted by Crippen LogP contribution is 2.10. The van der Waals surface area contributed by atoms with Gasteiger partial charge in [0.15, 0.2) is 0 Å². The fourth-order valence-electron chi connectivity index (χ4n) is 1.27. The van der Waals surface area contributed by atoms with Gasteiger partial charge in [0, 0.05) is 17.4 Å². The van der Waals surface area contributed by atoms with Gasteiger partial charge in [-0.1, -0.05) is 28.1 Å². The summed E-state index contributed by atoms with van der Waals surface area (Å²) in [6.45, 7) is 0.652. The zero-order chi connectivity index (χ0) is 11.8. The highest BCUT2D eigenvalue weighted by Gasteiger charge is 2.01. The Bertz CT molecular complexity index is 378. The Labute approximate surface area is 105 Å². The summed E-state index contributed by atoms with van der Waals surface area (Å²) in [5.41, 5.74) is 1.01. The fourth-order valence-corrected chi connectivity index (χ4v) is 1.53. The molecule has 0 bridgehead atoms. The second-order valence-corrected chi connectivity index (χ2v) is 4.38. The van der Waals surface area contributed by atoms with E-state index in [1.807, 2.05) is 24.3 Å². The number of carbonyl (C=O) groups is 1. The molecule has 84 valence electrons. The minimum absolute atomic E-state index is 0.0411. The fraction of sp³-hybridized carbons (Fsp3) is 0.308. The molecule has 1 amide bonds. The lowest BCUT2D eigenvalue weighted by molar-refractivity contribution is -0.120. The Morgan fingerprint density at radius 3 is 2.69 bits per heavy atom. The molecule has 0 fully saturated rings. The average molecular weight is 280 g/mol. The van der Waals surface area contributed by atoms with Crippen LogP contribution in [0.2, 0.25) is 0 Å². The predicted octanol–water partition coefficient (Wildman–Crippen LogP) is 2.52. The SMILES string of the molecule is C#CCCCNC(=O)Cc1ccc(Br)cc1. The number of amides is 1. The van der Waals surface area contributed by atoms with Gasteiger partial charge in [0.25, 0.3) is 0 Å². The summed E-state index contributed by atoms with van der Waals surface area (Å²) in [6, 6.07) is 7.73. The summed E-state index contributed by atoms with van der Waals surface area (Å²) in [5.74, 6) is 2.58. The second-order valence-electron chi connectivity index (χ2n) is 3.46. The van der Waals surface area contributed by atoms with E-state index in [4.69, 9.17) is 6.42 Å². The van der Waals surface area contributed by atoms with Crippen LogP contribution in [0.15, 0.2) is 28.7 Å². The van der Waals surface area contributed by atoms with E-state index in [0.717, 1.165) is 16.5 Å². The summed E-state index contributed by atoms with van der Waals surface area (Å²) in [4.78, 5) is 11.5. The number of carbonyl (C=O) groups excluding carboxylic acids is 1. The standard InChI is InChI=1S/C13H14BrNO/c1-2-3-4-9-15-13(16)10-11-5-7-12(14)8-6-11/h1,5-8H,3-4,9-10H2,(H,15,16). The van der Waals surface area contributed by atoms with Gasteiger partial charge in [-0.25, -0.2) is 0 Å². The Hall–Kier alpha value is -1.27. The van der Waals surface area contributed by atoms with Gasteiger partial charge in [0.1, 0.15) is 0 Å². The molecule has 0 aliphatic heterocycles. The second kappa shape index (κ2) is 7.08. The maximum absolute atomic E-state index is 11.5. The number of benzene rings is 1. The molecule has 1 rings (SSSR count). The molecule has 0 atom stereocenters. The number of terminal acetylenes is 1. The maximum Gasteiger partial charge on any atom is 0.224 e. The molecule has 1 N–H and O–H groups in total. The molecule has 0 saturated carbocycles. The predicted molar refractivity (Wildman–Crippen MR) is 68.9 cm³/mol. The van der Waals surface area contributed by atoms with E-state index in [-0.39, 0.29) is 5.91 Å². The highest BCUT2D eigenvalue weighted by molar-refractivity contribution is 9.10. The molecule has 0 aliphatic rings. The van der Waals surface area contributed by atoms with Gasteiger partial charge >= 0.3 is 0 Å². The van der Waals surface area contributed by atoms with Crippen molar-refractivity contribution in [3.05, 3.63) is 34.3 Å². The molecule has 0 radical (unpaired) electrons. The smallest absolute Gasteiger partial charge is 0.224 e. The third-order valence-electron chi connectivity index (χ3n) is 2.10. The van der Waals surface area contributed by atoms with Crippen LogP contribution in [0.1, 0.15) is 18.4 Å². The van der Waals surface area contributed by atoms with Gasteiger partial charge in [-0.05, 0) is 24.1 Å². The first-order valence-corrected chi connectivity index (χ1v) is 5.96. The van der Waals surface area contributed by atoms with Gasteiger partial charge in [-0.15, -0.1) is 12.3 Å². The van der Waals surface area contributed by atoms with Crippen molar-refractivity contribution in [2.75, 3.05) is 6.54 Å². The molecule has 0 aromatic heterocycles. The van der Waals surface area contributed by atoms with Gasteiger partial charge < -0.3 is 5.32 Å². The van der Waals surface area contributed by atoms with Gasteiger partial charge in [-0.2, -0.15) is 0 Å². The van der Waals surface area contributed by atoms with Crippen molar-refractivity contribution in [2.24, 2.45) is 0 Å². The van der Waals surface area contributed by atoms with Gasteiger partial charge in [-0.3, -0.25) is 4.79 Å². The van der Waals surface area contributed by atoms with Crippen molar-refractivity contribution >= 4 is 21.8 Å². The number of hydrogen-bond donors (Lipinski definition) is 1. The van der Waals surface area contributed by atoms with Crippen LogP contribution in [0.3, 0.4) is 0 Å². The molecule has 1 aromatic carbocycles. The molecule has 0 heterocycles. The van der Waals surface area contributed by atoms with Crippen molar-refractivity contribution in [1.29, 1.82) is 0 Å². The lowest BCUT2D eigenvalue weighted by Gasteiger charge is -2.04. The molecule has 0 saturated heterocycles. The molecule has 0 aliphatic carbocycles. The minimum Gasteiger partial charge on any atom is -0.356 e. The number of rotatable bonds is 5. The van der Waals surface area contributed by atoms with Crippen LogP contribution < -0.4 is 5.32 Å². The number of unbranched alkanes of at least 4 members (excludes halogenated alkanes) is 1. The van der Waals surface area contributed by atoms with Crippen LogP contribution in [0.25, 0.3) is 0 Å². The Morgan fingerprint density at radius 2 is 2.06 bits per heavy atom. The first kappa shape index (κ1) is 12.8. The average Bonchev–Trinajstić information content (AvgIpc) is 2.28. The molecule has 2 nitrogen and oxygen atoms in total. The van der Waals surface area contributed by atoms with Crippen molar-refractivity contribution in [1.82, 2.24) is 5.32 Å². The van der Waals surface area contributed by atoms with Gasteiger partial charge in [0.2, 0.25) is 5.91 Å². The van der Waals surface area contributed by atoms with Crippen molar-refractivity contribution in [3.63, 3.8) is 0 Å². The summed E-state index contributed by atoms with van der Waals surface area (Å²) in [6.07, 6.45) is 7.08. The highest BCUT2D eigenvalue weighted by atomic mass is 79.9. The molecule has 16 heavy (non-hydrogen) atoms. The largest absolute Gasteiger partial charge is 0.356 e. The molecule has 1 aromatic rings. The molecule has 0 unspecified atom stereocenters. The number of hydrogen-bond acceptors (Lipinski definition) is 1. The monoisotopic (exact) mass is 279 g/mol. The van der Waals surface area contributed by atoms with E-state index in [9.17, 15) is 4.79 Å².